The average Bonchev–Trinajstić information content (AvgIpc) is 1.20. The highest BCUT2D eigenvalue weighted by Crippen LogP contribution is 2.34. The number of rotatable bonds is 13. The average molecular weight is 1370 g/mol. The number of carbonyl (C=O) groups excluding carboxylic acids is 3. The lowest BCUT2D eigenvalue weighted by Gasteiger charge is -2.27. The molecule has 0 radical (unpaired) electrons. The van der Waals surface area contributed by atoms with Crippen LogP contribution in [0, 0.1) is 0 Å². The van der Waals surface area contributed by atoms with Crippen molar-refractivity contribution in [3.63, 3.8) is 0 Å². The topological polar surface area (TPSA) is 318 Å². The second-order valence-corrected chi connectivity index (χ2v) is 24.2. The van der Waals surface area contributed by atoms with E-state index in [9.17, 15) is 14.4 Å². The molecule has 14 rings (SSSR count). The number of para-hydroxylation sites is 2. The maximum absolute atomic E-state index is 12.5. The normalized spacial score (nSPS) is 12.3. The fourth-order valence-electron chi connectivity index (χ4n) is 9.90. The van der Waals surface area contributed by atoms with Gasteiger partial charge in [-0.05, 0) is 114 Å². The van der Waals surface area contributed by atoms with E-state index >= 15 is 0 Å². The number of aromatic nitrogens is 14. The van der Waals surface area contributed by atoms with Crippen molar-refractivity contribution in [3.8, 4) is 11.5 Å². The third-order valence-electron chi connectivity index (χ3n) is 14.8. The Balaban J connectivity index is 0.000000142. The third-order valence-corrected chi connectivity index (χ3v) is 17.1. The van der Waals surface area contributed by atoms with Crippen molar-refractivity contribution in [1.29, 1.82) is 0 Å². The molecule has 4 aromatic carbocycles. The molecule has 27 nitrogen and oxygen atoms in total. The van der Waals surface area contributed by atoms with Gasteiger partial charge in [-0.15, -0.1) is 0 Å². The van der Waals surface area contributed by atoms with Gasteiger partial charge >= 0.3 is 18.2 Å². The predicted octanol–water partition coefficient (Wildman–Crippen LogP) is 12.6. The van der Waals surface area contributed by atoms with E-state index in [1.807, 2.05) is 61.1 Å². The zero-order valence-electron chi connectivity index (χ0n) is 53.2. The van der Waals surface area contributed by atoms with Gasteiger partial charge in [-0.25, -0.2) is 54.3 Å². The number of benzene rings is 4. The Hall–Kier alpha value is -11.0. The van der Waals surface area contributed by atoms with Crippen molar-refractivity contribution < 1.29 is 23.9 Å². The van der Waals surface area contributed by atoms with Crippen LogP contribution in [0.1, 0.15) is 48.9 Å². The molecule has 492 valence electrons. The molecule has 2 aliphatic heterocycles. The first-order valence-electron chi connectivity index (χ1n) is 30.1. The first kappa shape index (κ1) is 67.9. The lowest BCUT2D eigenvalue weighted by atomic mass is 9.96. The molecule has 12 aromatic rings. The minimum atomic E-state index is -0.571. The lowest BCUT2D eigenvalue weighted by molar-refractivity contribution is 0.214. The summed E-state index contributed by atoms with van der Waals surface area (Å²) >= 11 is 4.54. The Morgan fingerprint density at radius 1 is 0.562 bits per heavy atom. The summed E-state index contributed by atoms with van der Waals surface area (Å²) in [4.78, 5) is 74.3. The van der Waals surface area contributed by atoms with Crippen LogP contribution in [-0.4, -0.2) is 130 Å². The molecule has 8 aromatic heterocycles. The SMILES string of the molecule is CCc1cc(C2=CCN(C(=O)Nc3ncns3)CC2)ccc1N(C)c1cc2c(cn1)ncn2C.CCc1cc(C2=CCNCC2)ccc1N(C)c1cc2c(cn1)ncn2C.Nc1ncns1.O=C(Nc1ncns1)Oc1ccccc1.O=C(Nc1ncns1)Oc1ccccc1. The Morgan fingerprint density at radius 3 is 1.43 bits per heavy atom. The molecule has 0 saturated carbocycles. The maximum atomic E-state index is 12.5. The van der Waals surface area contributed by atoms with Gasteiger partial charge < -0.3 is 44.4 Å². The number of imidazole rings is 2. The number of amides is 4. The number of hydrogen-bond donors (Lipinski definition) is 5. The predicted molar refractivity (Wildman–Crippen MR) is 380 cm³/mol. The van der Waals surface area contributed by atoms with Gasteiger partial charge in [0.25, 0.3) is 0 Å². The van der Waals surface area contributed by atoms with E-state index in [1.54, 1.807) is 59.8 Å². The van der Waals surface area contributed by atoms with Crippen LogP contribution < -0.4 is 46.3 Å². The van der Waals surface area contributed by atoms with Crippen LogP contribution in [0.25, 0.3) is 33.2 Å². The van der Waals surface area contributed by atoms with E-state index in [1.165, 1.54) is 87.5 Å². The maximum Gasteiger partial charge on any atom is 0.418 e. The molecule has 0 spiro atoms. The van der Waals surface area contributed by atoms with E-state index in [2.05, 4.69) is 170 Å². The van der Waals surface area contributed by atoms with E-state index in [0.29, 0.717) is 45.1 Å². The molecule has 4 amide bonds. The summed E-state index contributed by atoms with van der Waals surface area (Å²) in [6.45, 7) is 7.64. The van der Waals surface area contributed by atoms with Crippen molar-refractivity contribution >= 4 is 141 Å². The van der Waals surface area contributed by atoms with Crippen LogP contribution in [0.5, 0.6) is 11.5 Å². The van der Waals surface area contributed by atoms with Gasteiger partial charge in [0.15, 0.2) is 5.13 Å². The van der Waals surface area contributed by atoms with Crippen LogP contribution >= 0.6 is 46.1 Å². The molecule has 96 heavy (non-hydrogen) atoms. The van der Waals surface area contributed by atoms with Crippen molar-refractivity contribution in [1.82, 2.24) is 76.7 Å². The molecule has 31 heteroatoms. The van der Waals surface area contributed by atoms with Crippen molar-refractivity contribution in [2.75, 3.05) is 71.8 Å². The number of nitrogen functional groups attached to an aromatic ring is 1. The van der Waals surface area contributed by atoms with Crippen molar-refractivity contribution in [2.45, 2.75) is 39.5 Å². The number of urea groups is 1. The summed E-state index contributed by atoms with van der Waals surface area (Å²) in [6, 6.07) is 35.0. The summed E-state index contributed by atoms with van der Waals surface area (Å²) in [5.41, 5.74) is 19.3. The Labute approximate surface area is 569 Å². The minimum absolute atomic E-state index is 0.142. The first-order chi connectivity index (χ1) is 46.8. The van der Waals surface area contributed by atoms with Gasteiger partial charge in [-0.3, -0.25) is 16.0 Å². The zero-order chi connectivity index (χ0) is 67.2. The molecule has 0 bridgehead atoms. The molecular formula is C65H68N22O5S4. The van der Waals surface area contributed by atoms with Crippen molar-refractivity contribution in [2.24, 2.45) is 14.1 Å². The highest BCUT2D eigenvalue weighted by atomic mass is 32.1. The van der Waals surface area contributed by atoms with Gasteiger partial charge in [0, 0.05) is 117 Å². The van der Waals surface area contributed by atoms with Gasteiger partial charge in [0.05, 0.1) is 36.1 Å². The van der Waals surface area contributed by atoms with Crippen LogP contribution in [-0.2, 0) is 26.9 Å². The molecule has 0 unspecified atom stereocenters. The molecule has 10 heterocycles. The highest BCUT2D eigenvalue weighted by molar-refractivity contribution is 7.10. The Bertz CT molecular complexity index is 4430. The summed E-state index contributed by atoms with van der Waals surface area (Å²) in [7, 11) is 8.14. The fraction of sp³-hybridized carbons (Fsp3) is 0.215. The summed E-state index contributed by atoms with van der Waals surface area (Å²) in [6.07, 6.45) is 20.0. The summed E-state index contributed by atoms with van der Waals surface area (Å²) in [5.74, 6) is 2.79. The van der Waals surface area contributed by atoms with Gasteiger partial charge in [-0.1, -0.05) is 74.5 Å². The molecule has 0 fully saturated rings. The van der Waals surface area contributed by atoms with Gasteiger partial charge in [0.1, 0.15) is 59.5 Å². The fourth-order valence-corrected chi connectivity index (χ4v) is 11.5. The van der Waals surface area contributed by atoms with Gasteiger partial charge in [-0.2, -0.15) is 17.5 Å². The number of aryl methyl sites for hydroxylation is 4. The number of pyridine rings is 2. The van der Waals surface area contributed by atoms with E-state index in [0.717, 1.165) is 101 Å². The number of nitrogens with zero attached hydrogens (tertiary/aromatic N) is 17. The largest absolute Gasteiger partial charge is 0.418 e. The first-order valence-corrected chi connectivity index (χ1v) is 33.2. The molecule has 0 atom stereocenters. The van der Waals surface area contributed by atoms with Crippen LogP contribution in [0.4, 0.5) is 57.9 Å². The number of carbonyl (C=O) groups is 3. The Kier molecular flexibility index (Phi) is 23.9. The molecular weight excluding hydrogens is 1300 g/mol. The van der Waals surface area contributed by atoms with Crippen LogP contribution in [0.15, 0.2) is 172 Å². The minimum Gasteiger partial charge on any atom is -0.410 e. The van der Waals surface area contributed by atoms with E-state index in [-0.39, 0.29) is 6.03 Å². The van der Waals surface area contributed by atoms with Gasteiger partial charge in [0.2, 0.25) is 15.4 Å². The second-order valence-electron chi connectivity index (χ2n) is 21.0. The standard InChI is InChI=1S/C24H26N8OS.C21H25N5.2C9H7N3O2S.C2H3N3S/c1-4-16-11-18(17-7-9-32(10-8-17)24(33)29-23-26-14-28-34-23)5-6-20(16)31(3)22-12-21-19(13-25-22)27-15-30(21)2;1-4-15-11-17(16-7-9-22-10-8-16)5-6-19(15)26(3)21-12-20-18(13-23-21)24-14-25(20)2;2*13-9(12-8-10-6-11-15-8)14-7-4-2-1-3-5-7;3-2-4-1-5-6-2/h5-7,11-15H,4,8-10H2,1-3H3,(H,26,28,29,33);5-7,11-14,22H,4,8-10H2,1-3H3;2*1-6H,(H,10,11,12,13);1H,(H2,3,4,5). The molecule has 0 saturated heterocycles. The van der Waals surface area contributed by atoms with Crippen LogP contribution in [0.2, 0.25) is 0 Å². The monoisotopic (exact) mass is 1360 g/mol. The van der Waals surface area contributed by atoms with E-state index in [4.69, 9.17) is 15.2 Å². The molecule has 0 aliphatic carbocycles. The number of fused-ring (bicyclic) bond motifs is 2. The van der Waals surface area contributed by atoms with Crippen molar-refractivity contribution in [3.05, 3.63) is 194 Å². The number of hydrogen-bond acceptors (Lipinski definition) is 25. The summed E-state index contributed by atoms with van der Waals surface area (Å²) in [5, 5.41) is 13.0. The molecule has 2 aliphatic rings. The summed E-state index contributed by atoms with van der Waals surface area (Å²) < 4.78 is 29.0. The van der Waals surface area contributed by atoms with E-state index < -0.39 is 12.2 Å². The molecule has 6 N–H and O–H groups in total. The quantitative estimate of drug-likeness (QED) is 0.0716. The van der Waals surface area contributed by atoms with Crippen LogP contribution in [0.3, 0.4) is 0 Å². The lowest BCUT2D eigenvalue weighted by Crippen LogP contribution is -2.37. The number of nitrogens with two attached hydrogens (primary N) is 1. The zero-order valence-corrected chi connectivity index (χ0v) is 56.4. The number of ether oxygens (including phenoxy) is 2. The highest BCUT2D eigenvalue weighted by Gasteiger charge is 2.21. The number of nitrogens with one attached hydrogen (secondary N) is 4. The Morgan fingerprint density at radius 2 is 1.03 bits per heavy atom. The smallest absolute Gasteiger partial charge is 0.410 e. The number of anilines is 8. The third kappa shape index (κ3) is 18.7. The second kappa shape index (κ2) is 33.7.